The van der Waals surface area contributed by atoms with Gasteiger partial charge in [0.05, 0.1) is 18.3 Å². The van der Waals surface area contributed by atoms with Gasteiger partial charge in [-0.25, -0.2) is 4.68 Å². The Kier molecular flexibility index (Phi) is 9.85. The van der Waals surface area contributed by atoms with Gasteiger partial charge in [-0.3, -0.25) is 19.2 Å². The van der Waals surface area contributed by atoms with Gasteiger partial charge in [0.2, 0.25) is 0 Å². The van der Waals surface area contributed by atoms with Crippen LogP contribution in [0.15, 0.2) is 73.1 Å². The fraction of sp³-hybridized carbons (Fsp3) is 0.303. The highest BCUT2D eigenvalue weighted by atomic mass is 16.5. The quantitative estimate of drug-likeness (QED) is 0.245. The van der Waals surface area contributed by atoms with E-state index in [1.807, 2.05) is 12.1 Å². The molecule has 4 amide bonds. The molecular weight excluding hydrogens is 620 g/mol. The molecule has 15 heteroatoms. The lowest BCUT2D eigenvalue weighted by Gasteiger charge is -2.21. The van der Waals surface area contributed by atoms with Crippen molar-refractivity contribution in [3.8, 4) is 17.2 Å². The van der Waals surface area contributed by atoms with Gasteiger partial charge in [0.25, 0.3) is 23.6 Å². The Hall–Kier alpha value is -5.83. The molecule has 1 fully saturated rings. The molecule has 1 aromatic heterocycles. The molecule has 248 valence electrons. The summed E-state index contributed by atoms with van der Waals surface area (Å²) in [6.07, 6.45) is 1.47. The molecule has 4 bridgehead atoms. The van der Waals surface area contributed by atoms with Gasteiger partial charge in [0.1, 0.15) is 23.9 Å². The number of nitrogens with one attached hydrogen (secondary N) is 3. The smallest absolute Gasteiger partial charge is 0.258 e. The number of fused-ring (bicyclic) bond motifs is 7. The summed E-state index contributed by atoms with van der Waals surface area (Å²) in [4.78, 5) is 54.6. The first kappa shape index (κ1) is 32.1. The number of hydrogen-bond donors (Lipinski definition) is 3. The van der Waals surface area contributed by atoms with E-state index in [1.54, 1.807) is 48.4 Å². The van der Waals surface area contributed by atoms with E-state index in [0.717, 1.165) is 5.56 Å². The van der Waals surface area contributed by atoms with Gasteiger partial charge in [-0.2, -0.15) is 0 Å². The maximum atomic E-state index is 13.8. The van der Waals surface area contributed by atoms with Crippen molar-refractivity contribution in [1.82, 2.24) is 41.1 Å². The van der Waals surface area contributed by atoms with Crippen molar-refractivity contribution in [2.75, 3.05) is 40.0 Å². The van der Waals surface area contributed by atoms with Crippen molar-refractivity contribution in [2.45, 2.75) is 25.1 Å². The summed E-state index contributed by atoms with van der Waals surface area (Å²) in [5.41, 5.74) is 2.32. The summed E-state index contributed by atoms with van der Waals surface area (Å²) in [5.74, 6) is -0.807. The van der Waals surface area contributed by atoms with E-state index >= 15 is 0 Å². The van der Waals surface area contributed by atoms with Crippen molar-refractivity contribution >= 4 is 23.6 Å². The number of carbonyl (C=O) groups is 4. The molecule has 1 saturated heterocycles. The number of benzene rings is 3. The van der Waals surface area contributed by atoms with E-state index < -0.39 is 24.0 Å². The molecule has 3 aliphatic rings. The number of carbonyl (C=O) groups excluding carboxylic acids is 4. The van der Waals surface area contributed by atoms with E-state index in [1.165, 1.54) is 29.2 Å². The maximum absolute atomic E-state index is 13.8. The number of hydrogen-bond acceptors (Lipinski definition) is 10. The number of rotatable bonds is 7. The van der Waals surface area contributed by atoms with Gasteiger partial charge in [-0.15, -0.1) is 5.10 Å². The van der Waals surface area contributed by atoms with Crippen LogP contribution in [0.1, 0.15) is 43.1 Å². The highest BCUT2D eigenvalue weighted by Gasteiger charge is 2.38. The lowest BCUT2D eigenvalue weighted by Crippen LogP contribution is -2.45. The first-order valence-corrected chi connectivity index (χ1v) is 15.4. The SMILES string of the molecule is COCCCNC(=O)c1cc2cc(c1)C(=O)N[C@H]1CN(C(=O)c3ccc(-n4cnnn4)cc3)C[C@@H]1Oc1ccc(cc1)CNC(=O)CO2. The molecule has 15 nitrogen and oxygen atoms in total. The second-order valence-corrected chi connectivity index (χ2v) is 11.3. The van der Waals surface area contributed by atoms with E-state index in [4.69, 9.17) is 14.2 Å². The number of nitrogens with zero attached hydrogens (tertiary/aromatic N) is 5. The Morgan fingerprint density at radius 1 is 1.00 bits per heavy atom. The number of aromatic nitrogens is 4. The van der Waals surface area contributed by atoms with Crippen LogP contribution < -0.4 is 25.4 Å². The molecule has 0 spiro atoms. The molecule has 4 aromatic rings. The number of amides is 4. The summed E-state index contributed by atoms with van der Waals surface area (Å²) in [6, 6.07) is 17.9. The minimum Gasteiger partial charge on any atom is -0.486 e. The Morgan fingerprint density at radius 2 is 1.81 bits per heavy atom. The number of tetrazole rings is 1. The van der Waals surface area contributed by atoms with Crippen molar-refractivity contribution in [2.24, 2.45) is 0 Å². The monoisotopic (exact) mass is 654 g/mol. The fourth-order valence-electron chi connectivity index (χ4n) is 5.39. The van der Waals surface area contributed by atoms with E-state index in [-0.39, 0.29) is 54.9 Å². The standard InChI is InChI=1S/C33H34N8O7/c1-46-12-2-11-34-31(43)23-13-24-15-27(14-23)47-19-30(42)35-16-21-3-9-26(10-4-21)48-29-18-40(17-28(29)37-32(24)44)33(45)22-5-7-25(8-6-22)41-20-36-38-39-41/h3-10,13-15,20,28-29H,2,11-12,16-19H2,1H3,(H,34,43)(H,35,42)(H,37,44)/t28-,29-/m0/s1. The van der Waals surface area contributed by atoms with Gasteiger partial charge in [-0.1, -0.05) is 12.1 Å². The molecule has 7 rings (SSSR count). The summed E-state index contributed by atoms with van der Waals surface area (Å²) in [7, 11) is 1.58. The van der Waals surface area contributed by atoms with E-state index in [2.05, 4.69) is 31.5 Å². The van der Waals surface area contributed by atoms with Crippen molar-refractivity contribution in [3.05, 3.63) is 95.3 Å². The van der Waals surface area contributed by atoms with Crippen LogP contribution in [0.25, 0.3) is 5.69 Å². The third-order valence-corrected chi connectivity index (χ3v) is 7.91. The fourth-order valence-corrected chi connectivity index (χ4v) is 5.39. The van der Waals surface area contributed by atoms with Crippen LogP contribution >= 0.6 is 0 Å². The van der Waals surface area contributed by atoms with Gasteiger partial charge in [0.15, 0.2) is 6.61 Å². The molecule has 0 unspecified atom stereocenters. The van der Waals surface area contributed by atoms with Crippen molar-refractivity contribution in [3.63, 3.8) is 0 Å². The molecule has 0 saturated carbocycles. The first-order chi connectivity index (χ1) is 23.4. The van der Waals surface area contributed by atoms with Gasteiger partial charge in [0, 0.05) is 50.0 Å². The highest BCUT2D eigenvalue weighted by molar-refractivity contribution is 6.00. The largest absolute Gasteiger partial charge is 0.486 e. The molecule has 2 atom stereocenters. The Labute approximate surface area is 275 Å². The average Bonchev–Trinajstić information content (AvgIpc) is 3.79. The Balaban J connectivity index is 1.26. The van der Waals surface area contributed by atoms with Crippen LogP contribution in [0.5, 0.6) is 11.5 Å². The normalized spacial score (nSPS) is 17.7. The van der Waals surface area contributed by atoms with Crippen molar-refractivity contribution in [1.29, 1.82) is 0 Å². The summed E-state index contributed by atoms with van der Waals surface area (Å²) in [5, 5.41) is 19.8. The summed E-state index contributed by atoms with van der Waals surface area (Å²) < 4.78 is 18.6. The van der Waals surface area contributed by atoms with Crippen LogP contribution in [0.4, 0.5) is 0 Å². The first-order valence-electron chi connectivity index (χ1n) is 15.4. The molecule has 0 radical (unpaired) electrons. The van der Waals surface area contributed by atoms with Crippen LogP contribution in [0.2, 0.25) is 0 Å². The van der Waals surface area contributed by atoms with Gasteiger partial charge >= 0.3 is 0 Å². The molecule has 3 N–H and O–H groups in total. The predicted molar refractivity (Wildman–Crippen MR) is 170 cm³/mol. The highest BCUT2D eigenvalue weighted by Crippen LogP contribution is 2.24. The number of methoxy groups -OCH3 is 1. The van der Waals surface area contributed by atoms with E-state index in [0.29, 0.717) is 36.6 Å². The Bertz CT molecular complexity index is 1760. The third-order valence-electron chi connectivity index (χ3n) is 7.91. The second kappa shape index (κ2) is 14.7. The molecular formula is C33H34N8O7. The average molecular weight is 655 g/mol. The molecule has 0 aliphatic carbocycles. The Morgan fingerprint density at radius 3 is 2.56 bits per heavy atom. The van der Waals surface area contributed by atoms with Gasteiger partial charge in [-0.05, 0) is 77.0 Å². The van der Waals surface area contributed by atoms with Crippen molar-refractivity contribution < 1.29 is 33.4 Å². The number of ether oxygens (including phenoxy) is 3. The topological polar surface area (TPSA) is 179 Å². The zero-order valence-corrected chi connectivity index (χ0v) is 26.1. The van der Waals surface area contributed by atoms with Crippen LogP contribution in [0, 0.1) is 0 Å². The molecule has 3 aliphatic heterocycles. The maximum Gasteiger partial charge on any atom is 0.258 e. The minimum absolute atomic E-state index is 0.143. The summed E-state index contributed by atoms with van der Waals surface area (Å²) in [6.45, 7) is 1.16. The number of likely N-dealkylation sites (tertiary alicyclic amines) is 1. The van der Waals surface area contributed by atoms with Crippen LogP contribution in [-0.4, -0.2) is 101 Å². The predicted octanol–water partition coefficient (Wildman–Crippen LogP) is 1.14. The lowest BCUT2D eigenvalue weighted by atomic mass is 10.1. The second-order valence-electron chi connectivity index (χ2n) is 11.3. The van der Waals surface area contributed by atoms with Gasteiger partial charge < -0.3 is 35.1 Å². The molecule has 48 heavy (non-hydrogen) atoms. The molecule has 3 aromatic carbocycles. The summed E-state index contributed by atoms with van der Waals surface area (Å²) >= 11 is 0. The third kappa shape index (κ3) is 7.75. The minimum atomic E-state index is -0.601. The zero-order chi connectivity index (χ0) is 33.5. The molecule has 4 heterocycles. The van der Waals surface area contributed by atoms with Crippen LogP contribution in [-0.2, 0) is 16.1 Å². The van der Waals surface area contributed by atoms with Crippen LogP contribution in [0.3, 0.4) is 0 Å². The lowest BCUT2D eigenvalue weighted by molar-refractivity contribution is -0.123. The zero-order valence-electron chi connectivity index (χ0n) is 26.1. The van der Waals surface area contributed by atoms with E-state index in [9.17, 15) is 19.2 Å².